The number of nitrogen functional groups attached to an aromatic ring is 1. The van der Waals surface area contributed by atoms with Crippen molar-refractivity contribution >= 4 is 17.6 Å². The first kappa shape index (κ1) is 9.86. The van der Waals surface area contributed by atoms with E-state index in [0.29, 0.717) is 16.5 Å². The molecule has 1 aromatic heterocycles. The van der Waals surface area contributed by atoms with Gasteiger partial charge in [-0.2, -0.15) is 0 Å². The Bertz CT molecular complexity index is 456. The van der Waals surface area contributed by atoms with E-state index in [1.807, 2.05) is 12.1 Å². The lowest BCUT2D eigenvalue weighted by Crippen LogP contribution is -1.93. The molecular weight excluding hydrogens is 216 g/mol. The highest BCUT2D eigenvalue weighted by Gasteiger charge is 2.01. The van der Waals surface area contributed by atoms with Crippen LogP contribution in [0, 0.1) is 0 Å². The Labute approximate surface area is 91.6 Å². The number of halogens is 1. The van der Waals surface area contributed by atoms with Gasteiger partial charge in [0.2, 0.25) is 0 Å². The number of hydrogen-bond acceptors (Lipinski definition) is 4. The van der Waals surface area contributed by atoms with Crippen LogP contribution in [0.3, 0.4) is 0 Å². The third-order valence-electron chi connectivity index (χ3n) is 1.75. The Kier molecular flexibility index (Phi) is 2.78. The summed E-state index contributed by atoms with van der Waals surface area (Å²) in [4.78, 5) is 3.75. The average molecular weight is 225 g/mol. The summed E-state index contributed by atoms with van der Waals surface area (Å²) in [6.07, 6.45) is 1.53. The van der Waals surface area contributed by atoms with E-state index in [9.17, 15) is 0 Å². The number of oxazole rings is 1. The van der Waals surface area contributed by atoms with Gasteiger partial charge in [-0.3, -0.25) is 0 Å². The van der Waals surface area contributed by atoms with Crippen molar-refractivity contribution in [2.75, 3.05) is 5.73 Å². The smallest absolute Gasteiger partial charge is 0.292 e. The Morgan fingerprint density at radius 3 is 3.00 bits per heavy atom. The van der Waals surface area contributed by atoms with Crippen molar-refractivity contribution in [2.24, 2.45) is 0 Å². The molecule has 5 heteroatoms. The standard InChI is InChI=1S/C10H9ClN2O2/c11-7-2-1-3-8(4-7)14-6-9-5-13-10(12)15-9/h1-5H,6H2,(H2,12,13). The van der Waals surface area contributed by atoms with E-state index in [2.05, 4.69) is 4.98 Å². The van der Waals surface area contributed by atoms with Crippen LogP contribution in [0.2, 0.25) is 5.02 Å². The molecule has 0 unspecified atom stereocenters. The van der Waals surface area contributed by atoms with Crippen molar-refractivity contribution in [3.63, 3.8) is 0 Å². The van der Waals surface area contributed by atoms with Crippen molar-refractivity contribution in [1.82, 2.24) is 4.98 Å². The molecule has 1 heterocycles. The number of rotatable bonds is 3. The van der Waals surface area contributed by atoms with Gasteiger partial charge < -0.3 is 14.9 Å². The number of hydrogen-bond donors (Lipinski definition) is 1. The van der Waals surface area contributed by atoms with Crippen molar-refractivity contribution in [3.05, 3.63) is 41.2 Å². The molecule has 0 bridgehead atoms. The molecule has 0 saturated heterocycles. The molecule has 2 rings (SSSR count). The molecule has 78 valence electrons. The number of ether oxygens (including phenoxy) is 1. The molecule has 0 aliphatic carbocycles. The minimum absolute atomic E-state index is 0.139. The SMILES string of the molecule is Nc1ncc(COc2cccc(Cl)c2)o1. The van der Waals surface area contributed by atoms with E-state index in [-0.39, 0.29) is 12.6 Å². The minimum Gasteiger partial charge on any atom is -0.486 e. The summed E-state index contributed by atoms with van der Waals surface area (Å²) in [6, 6.07) is 7.26. The van der Waals surface area contributed by atoms with E-state index >= 15 is 0 Å². The minimum atomic E-state index is 0.139. The summed E-state index contributed by atoms with van der Waals surface area (Å²) >= 11 is 5.79. The fourth-order valence-electron chi connectivity index (χ4n) is 1.10. The number of benzene rings is 1. The predicted molar refractivity (Wildman–Crippen MR) is 56.7 cm³/mol. The van der Waals surface area contributed by atoms with Crippen LogP contribution in [-0.2, 0) is 6.61 Å². The van der Waals surface area contributed by atoms with E-state index in [1.165, 1.54) is 6.20 Å². The van der Waals surface area contributed by atoms with Gasteiger partial charge >= 0.3 is 0 Å². The molecule has 0 aliphatic rings. The van der Waals surface area contributed by atoms with Crippen LogP contribution < -0.4 is 10.5 Å². The molecule has 2 N–H and O–H groups in total. The molecule has 0 aliphatic heterocycles. The van der Waals surface area contributed by atoms with Gasteiger partial charge in [0.05, 0.1) is 6.20 Å². The molecule has 1 aromatic carbocycles. The molecule has 0 atom stereocenters. The quantitative estimate of drug-likeness (QED) is 0.870. The maximum Gasteiger partial charge on any atom is 0.292 e. The van der Waals surface area contributed by atoms with E-state index in [4.69, 9.17) is 26.5 Å². The molecule has 0 fully saturated rings. The van der Waals surface area contributed by atoms with E-state index in [0.717, 1.165) is 0 Å². The van der Waals surface area contributed by atoms with Crippen molar-refractivity contribution in [1.29, 1.82) is 0 Å². The Hall–Kier alpha value is -1.68. The zero-order valence-electron chi connectivity index (χ0n) is 7.81. The molecule has 2 aromatic rings. The first-order valence-electron chi connectivity index (χ1n) is 4.32. The Morgan fingerprint density at radius 1 is 1.47 bits per heavy atom. The van der Waals surface area contributed by atoms with Gasteiger partial charge in [-0.25, -0.2) is 4.98 Å². The van der Waals surface area contributed by atoms with Crippen LogP contribution in [0.4, 0.5) is 6.01 Å². The zero-order valence-corrected chi connectivity index (χ0v) is 8.57. The summed E-state index contributed by atoms with van der Waals surface area (Å²) in [7, 11) is 0. The summed E-state index contributed by atoms with van der Waals surface area (Å²) in [6.45, 7) is 0.282. The van der Waals surface area contributed by atoms with Gasteiger partial charge in [0.1, 0.15) is 12.4 Å². The topological polar surface area (TPSA) is 61.3 Å². The van der Waals surface area contributed by atoms with Gasteiger partial charge in [-0.1, -0.05) is 17.7 Å². The van der Waals surface area contributed by atoms with Gasteiger partial charge in [-0.15, -0.1) is 0 Å². The van der Waals surface area contributed by atoms with Crippen LogP contribution in [-0.4, -0.2) is 4.98 Å². The molecular formula is C10H9ClN2O2. The van der Waals surface area contributed by atoms with Gasteiger partial charge in [-0.05, 0) is 18.2 Å². The number of nitrogens with two attached hydrogens (primary N) is 1. The van der Waals surface area contributed by atoms with Gasteiger partial charge in [0.25, 0.3) is 6.01 Å². The van der Waals surface area contributed by atoms with Crippen molar-refractivity contribution < 1.29 is 9.15 Å². The molecule has 4 nitrogen and oxygen atoms in total. The number of aromatic nitrogens is 1. The summed E-state index contributed by atoms with van der Waals surface area (Å²) in [5.74, 6) is 1.25. The Morgan fingerprint density at radius 2 is 2.33 bits per heavy atom. The second-order valence-electron chi connectivity index (χ2n) is 2.91. The summed E-state index contributed by atoms with van der Waals surface area (Å²) in [5, 5.41) is 0.629. The van der Waals surface area contributed by atoms with E-state index < -0.39 is 0 Å². The fourth-order valence-corrected chi connectivity index (χ4v) is 1.28. The summed E-state index contributed by atoms with van der Waals surface area (Å²) in [5.41, 5.74) is 5.32. The van der Waals surface area contributed by atoms with Crippen LogP contribution in [0.1, 0.15) is 5.76 Å². The van der Waals surface area contributed by atoms with Crippen LogP contribution in [0.5, 0.6) is 5.75 Å². The maximum atomic E-state index is 5.79. The lowest BCUT2D eigenvalue weighted by Gasteiger charge is -2.03. The second kappa shape index (κ2) is 4.23. The van der Waals surface area contributed by atoms with Crippen LogP contribution >= 0.6 is 11.6 Å². The Balaban J connectivity index is 1.99. The van der Waals surface area contributed by atoms with Crippen LogP contribution in [0.25, 0.3) is 0 Å². The third kappa shape index (κ3) is 2.63. The monoisotopic (exact) mass is 224 g/mol. The molecule has 0 amide bonds. The summed E-state index contributed by atoms with van der Waals surface area (Å²) < 4.78 is 10.5. The highest BCUT2D eigenvalue weighted by Crippen LogP contribution is 2.18. The van der Waals surface area contributed by atoms with Crippen molar-refractivity contribution in [2.45, 2.75) is 6.61 Å². The zero-order chi connectivity index (χ0) is 10.7. The molecule has 15 heavy (non-hydrogen) atoms. The van der Waals surface area contributed by atoms with E-state index in [1.54, 1.807) is 12.1 Å². The first-order valence-corrected chi connectivity index (χ1v) is 4.70. The third-order valence-corrected chi connectivity index (χ3v) is 1.98. The van der Waals surface area contributed by atoms with Gasteiger partial charge in [0, 0.05) is 5.02 Å². The van der Waals surface area contributed by atoms with Gasteiger partial charge in [0.15, 0.2) is 5.76 Å². The van der Waals surface area contributed by atoms with Crippen LogP contribution in [0.15, 0.2) is 34.9 Å². The molecule has 0 spiro atoms. The highest BCUT2D eigenvalue weighted by molar-refractivity contribution is 6.30. The normalized spacial score (nSPS) is 10.2. The average Bonchev–Trinajstić information content (AvgIpc) is 2.62. The molecule has 0 radical (unpaired) electrons. The number of anilines is 1. The highest BCUT2D eigenvalue weighted by atomic mass is 35.5. The molecule has 0 saturated carbocycles. The lowest BCUT2D eigenvalue weighted by molar-refractivity contribution is 0.272. The van der Waals surface area contributed by atoms with Crippen molar-refractivity contribution in [3.8, 4) is 5.75 Å². The largest absolute Gasteiger partial charge is 0.486 e. The number of nitrogens with zero attached hydrogens (tertiary/aromatic N) is 1. The lowest BCUT2D eigenvalue weighted by atomic mass is 10.3. The first-order chi connectivity index (χ1) is 7.24. The maximum absolute atomic E-state index is 5.79. The second-order valence-corrected chi connectivity index (χ2v) is 3.35. The fraction of sp³-hybridized carbons (Fsp3) is 0.100. The predicted octanol–water partition coefficient (Wildman–Crippen LogP) is 2.49.